The Kier molecular flexibility index (Phi) is 5.16. The number of aromatic hydroxyl groups is 1. The molecule has 2 N–H and O–H groups in total. The Bertz CT molecular complexity index is 403. The maximum Gasteiger partial charge on any atom is 0.165 e. The molecule has 106 valence electrons. The van der Waals surface area contributed by atoms with Crippen LogP contribution in [0.5, 0.6) is 5.75 Å². The Labute approximate surface area is 114 Å². The molecule has 1 aromatic rings. The summed E-state index contributed by atoms with van der Waals surface area (Å²) < 4.78 is 13.1. The first-order chi connectivity index (χ1) is 9.15. The van der Waals surface area contributed by atoms with Gasteiger partial charge in [0, 0.05) is 19.6 Å². The van der Waals surface area contributed by atoms with Crippen molar-refractivity contribution in [1.82, 2.24) is 10.2 Å². The second-order valence-corrected chi connectivity index (χ2v) is 5.49. The summed E-state index contributed by atoms with van der Waals surface area (Å²) in [4.78, 5) is 2.48. The second kappa shape index (κ2) is 6.87. The SMILES string of the molecule is CC1CCN(CCNCc2ccc(O)c(F)c2)CC1. The van der Waals surface area contributed by atoms with Gasteiger partial charge in [0.2, 0.25) is 0 Å². The predicted molar refractivity (Wildman–Crippen MR) is 74.6 cm³/mol. The van der Waals surface area contributed by atoms with Gasteiger partial charge in [0.15, 0.2) is 11.6 Å². The Morgan fingerprint density at radius 2 is 2.11 bits per heavy atom. The van der Waals surface area contributed by atoms with E-state index >= 15 is 0 Å². The van der Waals surface area contributed by atoms with Crippen LogP contribution in [0.1, 0.15) is 25.3 Å². The molecule has 0 aromatic heterocycles. The van der Waals surface area contributed by atoms with Crippen molar-refractivity contribution in [3.8, 4) is 5.75 Å². The monoisotopic (exact) mass is 266 g/mol. The molecule has 1 saturated heterocycles. The van der Waals surface area contributed by atoms with Crippen molar-refractivity contribution >= 4 is 0 Å². The third-order valence-corrected chi connectivity index (χ3v) is 3.82. The number of halogens is 1. The fraction of sp³-hybridized carbons (Fsp3) is 0.600. The van der Waals surface area contributed by atoms with E-state index in [0.717, 1.165) is 24.6 Å². The predicted octanol–water partition coefficient (Wildman–Crippen LogP) is 2.35. The molecule has 0 spiro atoms. The summed E-state index contributed by atoms with van der Waals surface area (Å²) >= 11 is 0. The Morgan fingerprint density at radius 3 is 2.79 bits per heavy atom. The van der Waals surface area contributed by atoms with E-state index in [9.17, 15) is 4.39 Å². The van der Waals surface area contributed by atoms with Crippen LogP contribution in [0, 0.1) is 11.7 Å². The van der Waals surface area contributed by atoms with Crippen molar-refractivity contribution in [2.75, 3.05) is 26.2 Å². The molecule has 0 saturated carbocycles. The summed E-state index contributed by atoms with van der Waals surface area (Å²) in [7, 11) is 0. The van der Waals surface area contributed by atoms with Crippen molar-refractivity contribution < 1.29 is 9.50 Å². The molecular formula is C15H23FN2O. The first-order valence-electron chi connectivity index (χ1n) is 7.05. The molecule has 1 heterocycles. The normalized spacial score (nSPS) is 17.8. The fourth-order valence-corrected chi connectivity index (χ4v) is 2.42. The van der Waals surface area contributed by atoms with E-state index in [2.05, 4.69) is 17.1 Å². The average molecular weight is 266 g/mol. The lowest BCUT2D eigenvalue weighted by Gasteiger charge is -2.30. The number of phenols is 1. The highest BCUT2D eigenvalue weighted by atomic mass is 19.1. The summed E-state index contributed by atoms with van der Waals surface area (Å²) in [6.07, 6.45) is 2.59. The summed E-state index contributed by atoms with van der Waals surface area (Å²) in [6.45, 7) is 7.30. The van der Waals surface area contributed by atoms with Gasteiger partial charge in [0.25, 0.3) is 0 Å². The van der Waals surface area contributed by atoms with Crippen molar-refractivity contribution in [1.29, 1.82) is 0 Å². The quantitative estimate of drug-likeness (QED) is 0.803. The Morgan fingerprint density at radius 1 is 1.37 bits per heavy atom. The topological polar surface area (TPSA) is 35.5 Å². The highest BCUT2D eigenvalue weighted by molar-refractivity contribution is 5.27. The molecular weight excluding hydrogens is 243 g/mol. The minimum atomic E-state index is -0.552. The van der Waals surface area contributed by atoms with Gasteiger partial charge in [-0.25, -0.2) is 4.39 Å². The molecule has 1 fully saturated rings. The van der Waals surface area contributed by atoms with Crippen LogP contribution in [0.15, 0.2) is 18.2 Å². The van der Waals surface area contributed by atoms with E-state index in [-0.39, 0.29) is 5.75 Å². The molecule has 1 aliphatic heterocycles. The van der Waals surface area contributed by atoms with Crippen molar-refractivity contribution in [3.63, 3.8) is 0 Å². The van der Waals surface area contributed by atoms with Crippen LogP contribution in [0.25, 0.3) is 0 Å². The molecule has 0 radical (unpaired) electrons. The third kappa shape index (κ3) is 4.48. The van der Waals surface area contributed by atoms with E-state index in [0.29, 0.717) is 6.54 Å². The number of rotatable bonds is 5. The van der Waals surface area contributed by atoms with E-state index < -0.39 is 5.82 Å². The molecule has 0 amide bonds. The molecule has 19 heavy (non-hydrogen) atoms. The lowest BCUT2D eigenvalue weighted by molar-refractivity contribution is 0.193. The summed E-state index contributed by atoms with van der Waals surface area (Å²) in [5, 5.41) is 12.4. The lowest BCUT2D eigenvalue weighted by Crippen LogP contribution is -2.37. The fourth-order valence-electron chi connectivity index (χ4n) is 2.42. The molecule has 4 heteroatoms. The second-order valence-electron chi connectivity index (χ2n) is 5.49. The van der Waals surface area contributed by atoms with Gasteiger partial charge in [-0.15, -0.1) is 0 Å². The van der Waals surface area contributed by atoms with E-state index in [4.69, 9.17) is 5.11 Å². The first kappa shape index (κ1) is 14.3. The summed E-state index contributed by atoms with van der Waals surface area (Å²) in [6, 6.07) is 4.53. The van der Waals surface area contributed by atoms with Gasteiger partial charge in [-0.1, -0.05) is 13.0 Å². The minimum absolute atomic E-state index is 0.286. The summed E-state index contributed by atoms with van der Waals surface area (Å²) in [5.74, 6) is 0.0275. The maximum atomic E-state index is 13.1. The lowest BCUT2D eigenvalue weighted by atomic mass is 9.99. The highest BCUT2D eigenvalue weighted by Crippen LogP contribution is 2.16. The third-order valence-electron chi connectivity index (χ3n) is 3.82. The zero-order valence-electron chi connectivity index (χ0n) is 11.5. The molecule has 1 aliphatic rings. The van der Waals surface area contributed by atoms with Crippen molar-refractivity contribution in [2.24, 2.45) is 5.92 Å². The van der Waals surface area contributed by atoms with Gasteiger partial charge in [0.05, 0.1) is 0 Å². The molecule has 0 atom stereocenters. The zero-order chi connectivity index (χ0) is 13.7. The molecule has 2 rings (SSSR count). The van der Waals surface area contributed by atoms with E-state index in [1.54, 1.807) is 6.07 Å². The highest BCUT2D eigenvalue weighted by Gasteiger charge is 2.14. The van der Waals surface area contributed by atoms with Crippen LogP contribution in [0.2, 0.25) is 0 Å². The first-order valence-corrected chi connectivity index (χ1v) is 7.05. The van der Waals surface area contributed by atoms with Gasteiger partial charge in [-0.05, 0) is 49.5 Å². The number of nitrogens with one attached hydrogen (secondary N) is 1. The minimum Gasteiger partial charge on any atom is -0.505 e. The van der Waals surface area contributed by atoms with Gasteiger partial charge >= 0.3 is 0 Å². The Hall–Kier alpha value is -1.13. The molecule has 0 unspecified atom stereocenters. The average Bonchev–Trinajstić information content (AvgIpc) is 2.41. The van der Waals surface area contributed by atoms with Gasteiger partial charge < -0.3 is 15.3 Å². The Balaban J connectivity index is 1.65. The molecule has 3 nitrogen and oxygen atoms in total. The number of phenolic OH excluding ortho intramolecular Hbond substituents is 1. The van der Waals surface area contributed by atoms with Crippen LogP contribution in [-0.4, -0.2) is 36.2 Å². The van der Waals surface area contributed by atoms with E-state index in [1.165, 1.54) is 38.1 Å². The van der Waals surface area contributed by atoms with Crippen LogP contribution in [0.3, 0.4) is 0 Å². The standard InChI is InChI=1S/C15H23FN2O/c1-12-4-7-18(8-5-12)9-6-17-11-13-2-3-15(19)14(16)10-13/h2-3,10,12,17,19H,4-9,11H2,1H3. The number of hydrogen-bond acceptors (Lipinski definition) is 3. The number of benzene rings is 1. The van der Waals surface area contributed by atoms with E-state index in [1.807, 2.05) is 0 Å². The summed E-state index contributed by atoms with van der Waals surface area (Å²) in [5.41, 5.74) is 0.863. The van der Waals surface area contributed by atoms with Crippen LogP contribution < -0.4 is 5.32 Å². The van der Waals surface area contributed by atoms with Crippen LogP contribution >= 0.6 is 0 Å². The van der Waals surface area contributed by atoms with Crippen LogP contribution in [-0.2, 0) is 6.54 Å². The van der Waals surface area contributed by atoms with Gasteiger partial charge in [-0.3, -0.25) is 0 Å². The smallest absolute Gasteiger partial charge is 0.165 e. The van der Waals surface area contributed by atoms with Crippen LogP contribution in [0.4, 0.5) is 4.39 Å². The zero-order valence-corrected chi connectivity index (χ0v) is 11.5. The molecule has 0 aliphatic carbocycles. The largest absolute Gasteiger partial charge is 0.505 e. The number of hydrogen-bond donors (Lipinski definition) is 2. The number of nitrogens with zero attached hydrogens (tertiary/aromatic N) is 1. The maximum absolute atomic E-state index is 13.1. The van der Waals surface area contributed by atoms with Crippen molar-refractivity contribution in [2.45, 2.75) is 26.3 Å². The molecule has 0 bridgehead atoms. The number of likely N-dealkylation sites (tertiary alicyclic amines) is 1. The molecule has 1 aromatic carbocycles. The van der Waals surface area contributed by atoms with Gasteiger partial charge in [-0.2, -0.15) is 0 Å². The van der Waals surface area contributed by atoms with Gasteiger partial charge in [0.1, 0.15) is 0 Å². The number of piperidine rings is 1. The van der Waals surface area contributed by atoms with Crippen molar-refractivity contribution in [3.05, 3.63) is 29.6 Å².